The van der Waals surface area contributed by atoms with Gasteiger partial charge in [-0.25, -0.2) is 0 Å². The molecule has 0 aliphatic heterocycles. The van der Waals surface area contributed by atoms with Gasteiger partial charge >= 0.3 is 0 Å². The summed E-state index contributed by atoms with van der Waals surface area (Å²) in [5, 5.41) is 3.49. The molecule has 4 aromatic rings. The molecule has 0 unspecified atom stereocenters. The Bertz CT molecular complexity index is 904. The first-order valence-corrected chi connectivity index (χ1v) is 6.53. The maximum atomic E-state index is 4.65. The van der Waals surface area contributed by atoms with Gasteiger partial charge in [0.15, 0.2) is 0 Å². The van der Waals surface area contributed by atoms with Crippen LogP contribution in [0, 0.1) is 6.07 Å². The molecule has 3 aromatic carbocycles. The van der Waals surface area contributed by atoms with Gasteiger partial charge in [0.25, 0.3) is 0 Å². The number of hydrogen-bond acceptors (Lipinski definition) is 2. The first kappa shape index (κ1) is 13.9. The largest absolute Gasteiger partial charge is 0.285 e. The van der Waals surface area contributed by atoms with E-state index in [0.29, 0.717) is 5.82 Å². The molecule has 0 N–H and O–H groups in total. The van der Waals surface area contributed by atoms with Crippen molar-refractivity contribution in [2.45, 2.75) is 0 Å². The molecule has 1 radical (unpaired) electrons. The summed E-state index contributed by atoms with van der Waals surface area (Å²) >= 11 is 0. The van der Waals surface area contributed by atoms with Crippen LogP contribution in [0.15, 0.2) is 66.9 Å². The molecule has 21 heavy (non-hydrogen) atoms. The zero-order valence-electron chi connectivity index (χ0n) is 11.1. The van der Waals surface area contributed by atoms with Crippen LogP contribution in [0.1, 0.15) is 0 Å². The van der Waals surface area contributed by atoms with Crippen molar-refractivity contribution in [1.82, 2.24) is 9.97 Å². The molecule has 0 amide bonds. The minimum atomic E-state index is 0. The summed E-state index contributed by atoms with van der Waals surface area (Å²) < 4.78 is 0. The fourth-order valence-electron chi connectivity index (χ4n) is 2.45. The minimum Gasteiger partial charge on any atom is -0.285 e. The molecule has 1 aromatic heterocycles. The zero-order chi connectivity index (χ0) is 13.4. The number of aromatic nitrogens is 2. The summed E-state index contributed by atoms with van der Waals surface area (Å²) in [5.74, 6) is 0.716. The molecular weight excluding hydrogens is 436 g/mol. The van der Waals surface area contributed by atoms with Crippen molar-refractivity contribution >= 4 is 21.7 Å². The predicted molar refractivity (Wildman–Crippen MR) is 81.3 cm³/mol. The van der Waals surface area contributed by atoms with E-state index in [9.17, 15) is 0 Å². The van der Waals surface area contributed by atoms with E-state index in [4.69, 9.17) is 0 Å². The maximum Gasteiger partial charge on any atom is 0.0755 e. The predicted octanol–water partition coefficient (Wildman–Crippen LogP) is 4.25. The van der Waals surface area contributed by atoms with Gasteiger partial charge in [-0.15, -0.1) is 35.9 Å². The van der Waals surface area contributed by atoms with Crippen molar-refractivity contribution in [2.75, 3.05) is 0 Å². The van der Waals surface area contributed by atoms with Crippen LogP contribution < -0.4 is 0 Å². The summed E-state index contributed by atoms with van der Waals surface area (Å²) in [7, 11) is 0. The van der Waals surface area contributed by atoms with E-state index in [2.05, 4.69) is 34.2 Å². The van der Waals surface area contributed by atoms with E-state index in [-0.39, 0.29) is 20.1 Å². The molecule has 2 nitrogen and oxygen atoms in total. The van der Waals surface area contributed by atoms with E-state index in [1.54, 1.807) is 0 Å². The Morgan fingerprint density at radius 3 is 2.52 bits per heavy atom. The fourth-order valence-corrected chi connectivity index (χ4v) is 2.45. The van der Waals surface area contributed by atoms with Gasteiger partial charge < -0.3 is 0 Å². The second-order valence-corrected chi connectivity index (χ2v) is 4.69. The SMILES string of the molecule is [Ir].[c-]1ccccc1-c1ncc2c(ccc3ccccc32)n1. The summed E-state index contributed by atoms with van der Waals surface area (Å²) in [6, 6.07) is 23.4. The van der Waals surface area contributed by atoms with Crippen LogP contribution in [-0.4, -0.2) is 9.97 Å². The zero-order valence-corrected chi connectivity index (χ0v) is 13.5. The van der Waals surface area contributed by atoms with Crippen molar-refractivity contribution in [1.29, 1.82) is 0 Å². The van der Waals surface area contributed by atoms with Gasteiger partial charge in [-0.05, 0) is 16.8 Å². The quantitative estimate of drug-likeness (QED) is 0.322. The molecule has 103 valence electrons. The van der Waals surface area contributed by atoms with Crippen LogP contribution in [0.2, 0.25) is 0 Å². The Morgan fingerprint density at radius 2 is 1.67 bits per heavy atom. The fraction of sp³-hybridized carbons (Fsp3) is 0. The van der Waals surface area contributed by atoms with Gasteiger partial charge in [0.2, 0.25) is 0 Å². The molecule has 0 atom stereocenters. The molecule has 4 rings (SSSR count). The molecule has 3 heteroatoms. The molecule has 1 heterocycles. The van der Waals surface area contributed by atoms with Crippen LogP contribution in [-0.2, 0) is 20.1 Å². The second kappa shape index (κ2) is 5.72. The standard InChI is InChI=1S/C18H11N2.Ir/c1-2-7-14(8-3-1)18-19-12-16-15-9-5-4-6-13(15)10-11-17(16)20-18;/h1-7,9-12H;/q-1;. The van der Waals surface area contributed by atoms with Crippen LogP contribution >= 0.6 is 0 Å². The summed E-state index contributed by atoms with van der Waals surface area (Å²) in [6.07, 6.45) is 1.90. The van der Waals surface area contributed by atoms with Crippen molar-refractivity contribution < 1.29 is 20.1 Å². The third kappa shape index (κ3) is 2.46. The third-order valence-electron chi connectivity index (χ3n) is 3.44. The molecule has 0 saturated heterocycles. The van der Waals surface area contributed by atoms with E-state index < -0.39 is 0 Å². The second-order valence-electron chi connectivity index (χ2n) is 4.69. The number of rotatable bonds is 1. The molecule has 0 aliphatic carbocycles. The topological polar surface area (TPSA) is 25.8 Å². The monoisotopic (exact) mass is 448 g/mol. The Kier molecular flexibility index (Phi) is 3.78. The van der Waals surface area contributed by atoms with Crippen molar-refractivity contribution in [3.8, 4) is 11.4 Å². The molecule has 0 spiro atoms. The molecule has 0 fully saturated rings. The summed E-state index contributed by atoms with van der Waals surface area (Å²) in [5.41, 5.74) is 1.88. The van der Waals surface area contributed by atoms with Gasteiger partial charge in [-0.1, -0.05) is 30.3 Å². The number of nitrogens with zero attached hydrogens (tertiary/aromatic N) is 2. The van der Waals surface area contributed by atoms with Gasteiger partial charge in [0.1, 0.15) is 0 Å². The number of hydrogen-bond donors (Lipinski definition) is 0. The van der Waals surface area contributed by atoms with Crippen molar-refractivity contribution in [3.63, 3.8) is 0 Å². The molecule has 0 aliphatic rings. The van der Waals surface area contributed by atoms with Crippen molar-refractivity contribution in [2.24, 2.45) is 0 Å². The summed E-state index contributed by atoms with van der Waals surface area (Å²) in [6.45, 7) is 0. The van der Waals surface area contributed by atoms with Gasteiger partial charge in [0.05, 0.1) is 11.3 Å². The molecule has 0 saturated carbocycles. The number of benzene rings is 3. The smallest absolute Gasteiger partial charge is 0.0755 e. The average Bonchev–Trinajstić information content (AvgIpc) is 2.55. The Morgan fingerprint density at radius 1 is 0.810 bits per heavy atom. The van der Waals surface area contributed by atoms with Gasteiger partial charge in [0, 0.05) is 31.7 Å². The minimum absolute atomic E-state index is 0. The first-order valence-electron chi connectivity index (χ1n) is 6.53. The molecule has 0 bridgehead atoms. The normalized spacial score (nSPS) is 10.5. The Balaban J connectivity index is 0.00000132. The Hall–Kier alpha value is -2.09. The van der Waals surface area contributed by atoms with Crippen LogP contribution in [0.5, 0.6) is 0 Å². The Labute approximate surface area is 136 Å². The first-order chi connectivity index (χ1) is 9.92. The van der Waals surface area contributed by atoms with Crippen LogP contribution in [0.3, 0.4) is 0 Å². The maximum absolute atomic E-state index is 4.65. The van der Waals surface area contributed by atoms with Crippen LogP contribution in [0.25, 0.3) is 33.1 Å². The van der Waals surface area contributed by atoms with E-state index in [1.807, 2.05) is 48.7 Å². The summed E-state index contributed by atoms with van der Waals surface area (Å²) in [4.78, 5) is 9.14. The number of fused-ring (bicyclic) bond motifs is 3. The van der Waals surface area contributed by atoms with Gasteiger partial charge in [-0.3, -0.25) is 9.97 Å². The van der Waals surface area contributed by atoms with Crippen molar-refractivity contribution in [3.05, 3.63) is 72.9 Å². The third-order valence-corrected chi connectivity index (χ3v) is 3.44. The van der Waals surface area contributed by atoms with E-state index in [0.717, 1.165) is 16.5 Å². The van der Waals surface area contributed by atoms with E-state index >= 15 is 0 Å². The average molecular weight is 448 g/mol. The molecular formula is C18H11IrN2-. The van der Waals surface area contributed by atoms with Crippen LogP contribution in [0.4, 0.5) is 0 Å². The van der Waals surface area contributed by atoms with E-state index in [1.165, 1.54) is 10.8 Å². The van der Waals surface area contributed by atoms with Gasteiger partial charge in [-0.2, -0.15) is 0 Å².